The van der Waals surface area contributed by atoms with Gasteiger partial charge in [0.2, 0.25) is 0 Å². The van der Waals surface area contributed by atoms with Crippen LogP contribution in [0.25, 0.3) is 0 Å². The van der Waals surface area contributed by atoms with Gasteiger partial charge in [0.05, 0.1) is 18.2 Å². The van der Waals surface area contributed by atoms with Gasteiger partial charge in [-0.25, -0.2) is 0 Å². The zero-order chi connectivity index (χ0) is 14.1. The molecule has 0 amide bonds. The third-order valence-corrected chi connectivity index (χ3v) is 2.45. The van der Waals surface area contributed by atoms with Crippen LogP contribution in [0.4, 0.5) is 13.2 Å². The zero-order valence-electron chi connectivity index (χ0n) is 10.7. The largest absolute Gasteiger partial charge is 0.496 e. The monoisotopic (exact) mass is 260 g/mol. The van der Waals surface area contributed by atoms with E-state index in [2.05, 4.69) is 0 Å². The number of benzene rings is 1. The Balaban J connectivity index is 3.36. The molecular formula is C13H15F3O2. The van der Waals surface area contributed by atoms with Crippen LogP contribution in [0.15, 0.2) is 18.2 Å². The van der Waals surface area contributed by atoms with Crippen LogP contribution in [0.5, 0.6) is 5.75 Å². The predicted octanol–water partition coefficient (Wildman–Crippen LogP) is 3.94. The standard InChI is InChI=1S/C13H15F3O2/c1-12(2,3)11(17)9-7-8(13(14,15)16)5-6-10(9)18-4/h5-7H,1-4H3. The molecule has 0 saturated carbocycles. The maximum atomic E-state index is 12.6. The topological polar surface area (TPSA) is 26.3 Å². The Labute approximate surface area is 104 Å². The molecule has 0 spiro atoms. The van der Waals surface area contributed by atoms with Crippen LogP contribution >= 0.6 is 0 Å². The second kappa shape index (κ2) is 4.63. The average molecular weight is 260 g/mol. The first-order valence-corrected chi connectivity index (χ1v) is 5.37. The highest BCUT2D eigenvalue weighted by Gasteiger charge is 2.33. The minimum absolute atomic E-state index is 0.0418. The first-order valence-electron chi connectivity index (χ1n) is 5.37. The van der Waals surface area contributed by atoms with Crippen LogP contribution in [-0.4, -0.2) is 12.9 Å². The summed E-state index contributed by atoms with van der Waals surface area (Å²) in [6.45, 7) is 4.94. The molecule has 2 nitrogen and oxygen atoms in total. The molecule has 0 aromatic heterocycles. The lowest BCUT2D eigenvalue weighted by Crippen LogP contribution is -2.21. The van der Waals surface area contributed by atoms with E-state index in [-0.39, 0.29) is 17.1 Å². The minimum atomic E-state index is -4.47. The Morgan fingerprint density at radius 3 is 2.11 bits per heavy atom. The number of ketones is 1. The number of rotatable bonds is 2. The fraction of sp³-hybridized carbons (Fsp3) is 0.462. The lowest BCUT2D eigenvalue weighted by atomic mass is 9.85. The molecule has 1 rings (SSSR count). The molecule has 18 heavy (non-hydrogen) atoms. The van der Waals surface area contributed by atoms with E-state index in [1.165, 1.54) is 13.2 Å². The summed E-state index contributed by atoms with van der Waals surface area (Å²) in [5.74, 6) is -0.228. The number of methoxy groups -OCH3 is 1. The summed E-state index contributed by atoms with van der Waals surface area (Å²) in [5.41, 5.74) is -1.66. The van der Waals surface area contributed by atoms with Crippen LogP contribution in [0, 0.1) is 5.41 Å². The molecule has 0 atom stereocenters. The number of alkyl halides is 3. The predicted molar refractivity (Wildman–Crippen MR) is 61.8 cm³/mol. The van der Waals surface area contributed by atoms with Crippen LogP contribution in [0.1, 0.15) is 36.7 Å². The van der Waals surface area contributed by atoms with Crippen molar-refractivity contribution < 1.29 is 22.7 Å². The SMILES string of the molecule is COc1ccc(C(F)(F)F)cc1C(=O)C(C)(C)C. The number of hydrogen-bond donors (Lipinski definition) is 0. The summed E-state index contributed by atoms with van der Waals surface area (Å²) in [6, 6.07) is 2.91. The normalized spacial score (nSPS) is 12.4. The number of carbonyl (C=O) groups excluding carboxylic acids is 1. The van der Waals surface area contributed by atoms with Crippen LogP contribution in [0.2, 0.25) is 0 Å². The van der Waals surface area contributed by atoms with E-state index in [1.807, 2.05) is 0 Å². The van der Waals surface area contributed by atoms with Gasteiger partial charge < -0.3 is 4.74 Å². The molecule has 1 aromatic rings. The third kappa shape index (κ3) is 3.03. The van der Waals surface area contributed by atoms with Gasteiger partial charge in [-0.3, -0.25) is 4.79 Å². The molecule has 0 unspecified atom stereocenters. The number of ether oxygens (including phenoxy) is 1. The first kappa shape index (κ1) is 14.5. The van der Waals surface area contributed by atoms with Gasteiger partial charge in [-0.1, -0.05) is 20.8 Å². The van der Waals surface area contributed by atoms with Crippen molar-refractivity contribution in [2.24, 2.45) is 5.41 Å². The van der Waals surface area contributed by atoms with E-state index in [9.17, 15) is 18.0 Å². The van der Waals surface area contributed by atoms with Gasteiger partial charge in [-0.2, -0.15) is 13.2 Å². The zero-order valence-corrected chi connectivity index (χ0v) is 10.7. The second-order valence-electron chi connectivity index (χ2n) is 4.99. The van der Waals surface area contributed by atoms with Gasteiger partial charge >= 0.3 is 6.18 Å². The van der Waals surface area contributed by atoms with Crippen molar-refractivity contribution in [2.45, 2.75) is 26.9 Å². The molecular weight excluding hydrogens is 245 g/mol. The van der Waals surface area contributed by atoms with E-state index in [0.717, 1.165) is 12.1 Å². The van der Waals surface area contributed by atoms with E-state index < -0.39 is 17.2 Å². The van der Waals surface area contributed by atoms with Crippen LogP contribution < -0.4 is 4.74 Å². The summed E-state index contributed by atoms with van der Waals surface area (Å²) in [4.78, 5) is 12.1. The summed E-state index contributed by atoms with van der Waals surface area (Å²) >= 11 is 0. The maximum absolute atomic E-state index is 12.6. The van der Waals surface area contributed by atoms with Gasteiger partial charge in [0, 0.05) is 5.41 Å². The molecule has 0 saturated heterocycles. The number of Topliss-reactive ketones (excluding diaryl/α,β-unsaturated/α-hetero) is 1. The van der Waals surface area contributed by atoms with Gasteiger partial charge in [0.1, 0.15) is 5.75 Å². The van der Waals surface area contributed by atoms with Crippen LogP contribution in [0.3, 0.4) is 0 Å². The highest BCUT2D eigenvalue weighted by atomic mass is 19.4. The van der Waals surface area contributed by atoms with Gasteiger partial charge in [0.25, 0.3) is 0 Å². The molecule has 0 aliphatic rings. The Morgan fingerprint density at radius 1 is 1.17 bits per heavy atom. The number of hydrogen-bond acceptors (Lipinski definition) is 2. The molecule has 0 bridgehead atoms. The Bertz CT molecular complexity index is 456. The van der Waals surface area contributed by atoms with Crippen molar-refractivity contribution in [3.05, 3.63) is 29.3 Å². The molecule has 0 heterocycles. The van der Waals surface area contributed by atoms with Crippen molar-refractivity contribution in [2.75, 3.05) is 7.11 Å². The minimum Gasteiger partial charge on any atom is -0.496 e. The summed E-state index contributed by atoms with van der Waals surface area (Å²) in [7, 11) is 1.32. The van der Waals surface area contributed by atoms with Gasteiger partial charge in [0.15, 0.2) is 5.78 Å². The van der Waals surface area contributed by atoms with Crippen molar-refractivity contribution in [3.63, 3.8) is 0 Å². The van der Waals surface area contributed by atoms with E-state index in [4.69, 9.17) is 4.74 Å². The molecule has 0 N–H and O–H groups in total. The van der Waals surface area contributed by atoms with Crippen molar-refractivity contribution in [1.82, 2.24) is 0 Å². The van der Waals surface area contributed by atoms with Crippen molar-refractivity contribution in [1.29, 1.82) is 0 Å². The fourth-order valence-electron chi connectivity index (χ4n) is 1.47. The van der Waals surface area contributed by atoms with Gasteiger partial charge in [-0.15, -0.1) is 0 Å². The second-order valence-corrected chi connectivity index (χ2v) is 4.99. The van der Waals surface area contributed by atoms with E-state index in [1.54, 1.807) is 20.8 Å². The highest BCUT2D eigenvalue weighted by Crippen LogP contribution is 2.34. The Hall–Kier alpha value is -1.52. The summed E-state index contributed by atoms with van der Waals surface area (Å²) in [5, 5.41) is 0. The van der Waals surface area contributed by atoms with E-state index in [0.29, 0.717) is 0 Å². The highest BCUT2D eigenvalue weighted by molar-refractivity contribution is 6.02. The quantitative estimate of drug-likeness (QED) is 0.753. The number of carbonyl (C=O) groups is 1. The summed E-state index contributed by atoms with van der Waals surface area (Å²) < 4.78 is 42.8. The van der Waals surface area contributed by atoms with Crippen molar-refractivity contribution in [3.8, 4) is 5.75 Å². The molecule has 1 aromatic carbocycles. The molecule has 5 heteroatoms. The molecule has 0 aliphatic heterocycles. The van der Waals surface area contributed by atoms with E-state index >= 15 is 0 Å². The summed E-state index contributed by atoms with van der Waals surface area (Å²) in [6.07, 6.45) is -4.47. The Morgan fingerprint density at radius 2 is 1.72 bits per heavy atom. The molecule has 0 fully saturated rings. The average Bonchev–Trinajstić information content (AvgIpc) is 2.24. The lowest BCUT2D eigenvalue weighted by molar-refractivity contribution is -0.137. The first-order chi connectivity index (χ1) is 8.07. The van der Waals surface area contributed by atoms with Gasteiger partial charge in [-0.05, 0) is 18.2 Å². The van der Waals surface area contributed by atoms with Crippen LogP contribution in [-0.2, 0) is 6.18 Å². The molecule has 0 aliphatic carbocycles. The lowest BCUT2D eigenvalue weighted by Gasteiger charge is -2.19. The maximum Gasteiger partial charge on any atom is 0.416 e. The third-order valence-electron chi connectivity index (χ3n) is 2.45. The molecule has 0 radical (unpaired) electrons. The Kier molecular flexibility index (Phi) is 3.74. The fourth-order valence-corrected chi connectivity index (χ4v) is 1.47. The number of halogens is 3. The smallest absolute Gasteiger partial charge is 0.416 e. The molecule has 100 valence electrons. The van der Waals surface area contributed by atoms with Crippen molar-refractivity contribution >= 4 is 5.78 Å².